The van der Waals surface area contributed by atoms with Crippen LogP contribution in [0, 0.1) is 11.7 Å². The van der Waals surface area contributed by atoms with Gasteiger partial charge in [-0.1, -0.05) is 35.3 Å². The van der Waals surface area contributed by atoms with Crippen LogP contribution in [0.5, 0.6) is 0 Å². The topological polar surface area (TPSA) is 45.6 Å². The molecule has 0 saturated carbocycles. The minimum absolute atomic E-state index is 0.514. The molecular formula is C10H10Cl2N4S. The molecule has 0 fully saturated rings. The lowest BCUT2D eigenvalue weighted by Gasteiger charge is -2.10. The van der Waals surface area contributed by atoms with Gasteiger partial charge in [0.2, 0.25) is 4.77 Å². The molecule has 0 atom stereocenters. The molecule has 90 valence electrons. The fourth-order valence-electron chi connectivity index (χ4n) is 1.41. The third kappa shape index (κ3) is 2.62. The molecule has 0 aliphatic rings. The van der Waals surface area contributed by atoms with E-state index in [0.29, 0.717) is 21.4 Å². The van der Waals surface area contributed by atoms with Gasteiger partial charge in [0.05, 0.1) is 16.6 Å². The van der Waals surface area contributed by atoms with Gasteiger partial charge in [0.1, 0.15) is 5.82 Å². The van der Waals surface area contributed by atoms with E-state index in [-0.39, 0.29) is 0 Å². The summed E-state index contributed by atoms with van der Waals surface area (Å²) in [6, 6.07) is 5.51. The van der Waals surface area contributed by atoms with Gasteiger partial charge in [0.25, 0.3) is 0 Å². The lowest BCUT2D eigenvalue weighted by Crippen LogP contribution is -2.16. The van der Waals surface area contributed by atoms with Crippen molar-refractivity contribution in [3.63, 3.8) is 0 Å². The van der Waals surface area contributed by atoms with Crippen molar-refractivity contribution in [2.45, 2.75) is 13.5 Å². The second-order valence-electron chi connectivity index (χ2n) is 3.46. The molecule has 0 aliphatic heterocycles. The lowest BCUT2D eigenvalue weighted by molar-refractivity contribution is 0.794. The SMILES string of the molecule is Cc1n[nH]c(=S)n1NCc1cccc(Cl)c1Cl. The number of aryl methyl sites for hydroxylation is 1. The van der Waals surface area contributed by atoms with Crippen LogP contribution in [-0.4, -0.2) is 14.9 Å². The van der Waals surface area contributed by atoms with Crippen LogP contribution in [-0.2, 0) is 6.54 Å². The molecule has 1 aromatic carbocycles. The maximum atomic E-state index is 6.08. The second-order valence-corrected chi connectivity index (χ2v) is 4.63. The summed E-state index contributed by atoms with van der Waals surface area (Å²) in [6.45, 7) is 2.37. The molecule has 2 N–H and O–H groups in total. The minimum atomic E-state index is 0.514. The fraction of sp³-hybridized carbons (Fsp3) is 0.200. The molecule has 0 aliphatic carbocycles. The molecule has 1 heterocycles. The van der Waals surface area contributed by atoms with Gasteiger partial charge in [0, 0.05) is 0 Å². The van der Waals surface area contributed by atoms with Crippen LogP contribution in [0.3, 0.4) is 0 Å². The predicted octanol–water partition coefficient (Wildman–Crippen LogP) is 3.30. The van der Waals surface area contributed by atoms with Crippen molar-refractivity contribution < 1.29 is 0 Å². The van der Waals surface area contributed by atoms with Gasteiger partial charge in [-0.05, 0) is 30.8 Å². The zero-order valence-corrected chi connectivity index (χ0v) is 11.3. The average molecular weight is 289 g/mol. The molecule has 0 spiro atoms. The Balaban J connectivity index is 2.18. The molecule has 2 aromatic rings. The molecule has 7 heteroatoms. The van der Waals surface area contributed by atoms with Gasteiger partial charge in [0.15, 0.2) is 0 Å². The van der Waals surface area contributed by atoms with E-state index in [9.17, 15) is 0 Å². The highest BCUT2D eigenvalue weighted by molar-refractivity contribution is 7.71. The summed E-state index contributed by atoms with van der Waals surface area (Å²) >= 11 is 17.1. The number of nitrogens with zero attached hydrogens (tertiary/aromatic N) is 2. The highest BCUT2D eigenvalue weighted by atomic mass is 35.5. The van der Waals surface area contributed by atoms with Crippen LogP contribution in [0.25, 0.3) is 0 Å². The third-order valence-electron chi connectivity index (χ3n) is 2.30. The summed E-state index contributed by atoms with van der Waals surface area (Å²) in [5.41, 5.74) is 4.03. The van der Waals surface area contributed by atoms with E-state index in [1.54, 1.807) is 10.7 Å². The summed E-state index contributed by atoms with van der Waals surface area (Å²) < 4.78 is 2.20. The Kier molecular flexibility index (Phi) is 3.71. The maximum Gasteiger partial charge on any atom is 0.214 e. The summed E-state index contributed by atoms with van der Waals surface area (Å²) in [5, 5.41) is 7.78. The normalized spacial score (nSPS) is 10.5. The maximum absolute atomic E-state index is 6.08. The van der Waals surface area contributed by atoms with E-state index in [1.807, 2.05) is 19.1 Å². The number of benzene rings is 1. The first kappa shape index (κ1) is 12.4. The lowest BCUT2D eigenvalue weighted by atomic mass is 10.2. The van der Waals surface area contributed by atoms with Gasteiger partial charge >= 0.3 is 0 Å². The van der Waals surface area contributed by atoms with Crippen LogP contribution in [0.15, 0.2) is 18.2 Å². The molecule has 0 bridgehead atoms. The smallest absolute Gasteiger partial charge is 0.214 e. The van der Waals surface area contributed by atoms with Crippen LogP contribution in [0.2, 0.25) is 10.0 Å². The minimum Gasteiger partial charge on any atom is -0.318 e. The Labute approximate surface area is 114 Å². The van der Waals surface area contributed by atoms with Gasteiger partial charge in [-0.2, -0.15) is 5.10 Å². The molecule has 1 aromatic heterocycles. The second kappa shape index (κ2) is 5.08. The van der Waals surface area contributed by atoms with Crippen molar-refractivity contribution >= 4 is 35.4 Å². The molecule has 17 heavy (non-hydrogen) atoms. The number of halogens is 2. The first-order valence-electron chi connectivity index (χ1n) is 4.90. The van der Waals surface area contributed by atoms with E-state index in [2.05, 4.69) is 15.6 Å². The van der Waals surface area contributed by atoms with E-state index in [4.69, 9.17) is 35.4 Å². The van der Waals surface area contributed by atoms with Crippen molar-refractivity contribution in [2.75, 3.05) is 5.43 Å². The Morgan fingerprint density at radius 1 is 1.47 bits per heavy atom. The van der Waals surface area contributed by atoms with Crippen LogP contribution in [0.4, 0.5) is 0 Å². The molecule has 2 rings (SSSR count). The van der Waals surface area contributed by atoms with Crippen molar-refractivity contribution in [3.8, 4) is 0 Å². The zero-order valence-electron chi connectivity index (χ0n) is 9.00. The van der Waals surface area contributed by atoms with E-state index in [1.165, 1.54) is 0 Å². The summed E-state index contributed by atoms with van der Waals surface area (Å²) in [4.78, 5) is 0. The van der Waals surface area contributed by atoms with Gasteiger partial charge in [-0.15, -0.1) is 0 Å². The number of rotatable bonds is 3. The summed E-state index contributed by atoms with van der Waals surface area (Å²) in [5.74, 6) is 0.758. The number of hydrogen-bond donors (Lipinski definition) is 2. The molecule has 4 nitrogen and oxygen atoms in total. The Morgan fingerprint density at radius 3 is 2.88 bits per heavy atom. The molecule has 0 radical (unpaired) electrons. The number of nitrogens with one attached hydrogen (secondary N) is 2. The Hall–Kier alpha value is -1.04. The largest absolute Gasteiger partial charge is 0.318 e. The van der Waals surface area contributed by atoms with Crippen LogP contribution < -0.4 is 5.43 Å². The number of hydrogen-bond acceptors (Lipinski definition) is 3. The number of aromatic amines is 1. The van der Waals surface area contributed by atoms with E-state index < -0.39 is 0 Å². The highest BCUT2D eigenvalue weighted by Gasteiger charge is 2.05. The van der Waals surface area contributed by atoms with Crippen molar-refractivity contribution in [1.29, 1.82) is 0 Å². The quantitative estimate of drug-likeness (QED) is 0.852. The zero-order chi connectivity index (χ0) is 12.4. The first-order chi connectivity index (χ1) is 8.09. The van der Waals surface area contributed by atoms with E-state index >= 15 is 0 Å². The highest BCUT2D eigenvalue weighted by Crippen LogP contribution is 2.25. The average Bonchev–Trinajstić information content (AvgIpc) is 2.62. The summed E-state index contributed by atoms with van der Waals surface area (Å²) in [7, 11) is 0. The van der Waals surface area contributed by atoms with Crippen molar-refractivity contribution in [1.82, 2.24) is 14.9 Å². The van der Waals surface area contributed by atoms with Crippen LogP contribution in [0.1, 0.15) is 11.4 Å². The Bertz CT molecular complexity index is 590. The monoisotopic (exact) mass is 288 g/mol. The third-order valence-corrected chi connectivity index (χ3v) is 3.43. The first-order valence-corrected chi connectivity index (χ1v) is 6.07. The summed E-state index contributed by atoms with van der Waals surface area (Å²) in [6.07, 6.45) is 0. The number of aromatic nitrogens is 3. The fourth-order valence-corrected chi connectivity index (χ4v) is 2.04. The van der Waals surface area contributed by atoms with E-state index in [0.717, 1.165) is 11.4 Å². The molecule has 0 saturated heterocycles. The molecule has 0 unspecified atom stereocenters. The molecular weight excluding hydrogens is 279 g/mol. The van der Waals surface area contributed by atoms with Crippen molar-refractivity contribution in [2.24, 2.45) is 0 Å². The van der Waals surface area contributed by atoms with Crippen molar-refractivity contribution in [3.05, 3.63) is 44.4 Å². The predicted molar refractivity (Wildman–Crippen MR) is 71.7 cm³/mol. The Morgan fingerprint density at radius 2 is 2.24 bits per heavy atom. The molecule has 0 amide bonds. The van der Waals surface area contributed by atoms with Gasteiger partial charge in [-0.25, -0.2) is 4.68 Å². The van der Waals surface area contributed by atoms with Crippen LogP contribution >= 0.6 is 35.4 Å². The van der Waals surface area contributed by atoms with Gasteiger partial charge in [-0.3, -0.25) is 5.10 Å². The van der Waals surface area contributed by atoms with Gasteiger partial charge < -0.3 is 5.43 Å². The standard InChI is InChI=1S/C10H10Cl2N4S/c1-6-14-15-10(17)16(6)13-5-7-3-2-4-8(11)9(7)12/h2-4,13H,5H2,1H3,(H,15,17). The number of H-pyrrole nitrogens is 1.